The third kappa shape index (κ3) is 6.77. The molecule has 0 bridgehead atoms. The third-order valence-electron chi connectivity index (χ3n) is 5.70. The lowest BCUT2D eigenvalue weighted by atomic mass is 10.2. The number of piperazine rings is 1. The van der Waals surface area contributed by atoms with Crippen LogP contribution in [0.3, 0.4) is 0 Å². The monoisotopic (exact) mass is 540 g/mol. The molecule has 2 aromatic rings. The van der Waals surface area contributed by atoms with Crippen LogP contribution in [0.2, 0.25) is 0 Å². The summed E-state index contributed by atoms with van der Waals surface area (Å²) >= 11 is 0. The van der Waals surface area contributed by atoms with E-state index in [0.29, 0.717) is 0 Å². The number of hydrogen-bond acceptors (Lipinski definition) is 5. The van der Waals surface area contributed by atoms with Crippen molar-refractivity contribution in [2.45, 2.75) is 25.4 Å². The van der Waals surface area contributed by atoms with Gasteiger partial charge in [-0.25, -0.2) is 0 Å². The second-order valence-electron chi connectivity index (χ2n) is 7.73. The summed E-state index contributed by atoms with van der Waals surface area (Å²) in [6, 6.07) is 12.2. The van der Waals surface area contributed by atoms with Gasteiger partial charge >= 0.3 is 0 Å². The van der Waals surface area contributed by atoms with Crippen LogP contribution in [-0.2, 0) is 11.2 Å². The number of ether oxygens (including phenoxy) is 2. The smallest absolute Gasteiger partial charge is 0.194 e. The third-order valence-corrected chi connectivity index (χ3v) is 5.70. The summed E-state index contributed by atoms with van der Waals surface area (Å²) in [4.78, 5) is 9.67. The summed E-state index contributed by atoms with van der Waals surface area (Å²) in [7, 11) is 1.71. The summed E-state index contributed by atoms with van der Waals surface area (Å²) in [5.74, 6) is 2.86. The van der Waals surface area contributed by atoms with E-state index >= 15 is 0 Å². The van der Waals surface area contributed by atoms with Crippen LogP contribution in [0.15, 0.2) is 52.1 Å². The second-order valence-corrected chi connectivity index (χ2v) is 7.73. The van der Waals surface area contributed by atoms with Crippen LogP contribution in [0, 0.1) is 0 Å². The topological polar surface area (TPSA) is 62.5 Å². The van der Waals surface area contributed by atoms with Crippen molar-refractivity contribution >= 4 is 35.6 Å². The van der Waals surface area contributed by atoms with E-state index in [9.17, 15) is 0 Å². The maximum atomic E-state index is 5.76. The van der Waals surface area contributed by atoms with Crippen molar-refractivity contribution in [1.82, 2.24) is 10.2 Å². The molecule has 1 aromatic carbocycles. The minimum absolute atomic E-state index is 0. The van der Waals surface area contributed by atoms with E-state index in [0.717, 1.165) is 82.6 Å². The normalized spacial score (nSPS) is 19.3. The number of methoxy groups -OCH3 is 1. The number of aliphatic imine (C=N–C) groups is 1. The molecule has 2 aliphatic rings. The minimum Gasteiger partial charge on any atom is -0.497 e. The minimum atomic E-state index is 0. The van der Waals surface area contributed by atoms with Gasteiger partial charge in [0, 0.05) is 57.5 Å². The number of anilines is 1. The predicted octanol–water partition coefficient (Wildman–Crippen LogP) is 3.40. The average Bonchev–Trinajstić information content (AvgIpc) is 3.51. The quantitative estimate of drug-likeness (QED) is 0.330. The Hall–Kier alpha value is -1.94. The number of halogens is 1. The molecular formula is C23H33IN4O3. The van der Waals surface area contributed by atoms with Crippen molar-refractivity contribution in [3.8, 4) is 5.75 Å². The van der Waals surface area contributed by atoms with Gasteiger partial charge in [0.1, 0.15) is 11.5 Å². The van der Waals surface area contributed by atoms with Gasteiger partial charge in [0.2, 0.25) is 0 Å². The number of nitrogens with zero attached hydrogens (tertiary/aromatic N) is 3. The number of hydrogen-bond donors (Lipinski definition) is 1. The predicted molar refractivity (Wildman–Crippen MR) is 134 cm³/mol. The van der Waals surface area contributed by atoms with Crippen molar-refractivity contribution in [3.05, 3.63) is 48.4 Å². The van der Waals surface area contributed by atoms with Gasteiger partial charge in [-0.2, -0.15) is 0 Å². The Balaban J connectivity index is 0.00000272. The Morgan fingerprint density at radius 2 is 2.06 bits per heavy atom. The molecule has 0 radical (unpaired) electrons. The first kappa shape index (κ1) is 23.7. The van der Waals surface area contributed by atoms with E-state index in [1.54, 1.807) is 13.4 Å². The molecule has 170 valence electrons. The molecule has 31 heavy (non-hydrogen) atoms. The zero-order chi connectivity index (χ0) is 20.6. The molecule has 7 nitrogen and oxygen atoms in total. The molecule has 1 aromatic heterocycles. The second kappa shape index (κ2) is 12.2. The molecule has 4 rings (SSSR count). The lowest BCUT2D eigenvalue weighted by molar-refractivity contribution is 0.117. The number of guanidine groups is 1. The largest absolute Gasteiger partial charge is 0.497 e. The van der Waals surface area contributed by atoms with E-state index < -0.39 is 0 Å². The van der Waals surface area contributed by atoms with Crippen LogP contribution in [0.25, 0.3) is 0 Å². The molecule has 1 atom stereocenters. The van der Waals surface area contributed by atoms with Crippen molar-refractivity contribution in [2.75, 3.05) is 57.9 Å². The first-order valence-corrected chi connectivity index (χ1v) is 10.9. The zero-order valence-corrected chi connectivity index (χ0v) is 20.5. The van der Waals surface area contributed by atoms with Gasteiger partial charge in [-0.15, -0.1) is 24.0 Å². The molecule has 2 aliphatic heterocycles. The number of benzene rings is 1. The van der Waals surface area contributed by atoms with Gasteiger partial charge in [0.15, 0.2) is 5.96 Å². The summed E-state index contributed by atoms with van der Waals surface area (Å²) in [5, 5.41) is 3.55. The standard InChI is InChI=1S/C23H32N4O3.HI/c1-28-21-6-2-5-19(17-21)26-11-13-27(14-12-26)23(25-18-22-8-4-16-30-22)24-10-9-20-7-3-15-29-20;/h2-3,5-7,15,17,22H,4,8-14,16,18H2,1H3,(H,24,25);1H. The van der Waals surface area contributed by atoms with Crippen LogP contribution in [0.4, 0.5) is 5.69 Å². The highest BCUT2D eigenvalue weighted by molar-refractivity contribution is 14.0. The SMILES string of the molecule is COc1cccc(N2CCN(C(=NCC3CCCO3)NCCc3ccco3)CC2)c1.I. The summed E-state index contributed by atoms with van der Waals surface area (Å²) < 4.78 is 16.6. The van der Waals surface area contributed by atoms with Crippen LogP contribution < -0.4 is 15.0 Å². The Morgan fingerprint density at radius 1 is 1.19 bits per heavy atom. The molecule has 2 fully saturated rings. The number of nitrogens with one attached hydrogen (secondary N) is 1. The number of furan rings is 1. The van der Waals surface area contributed by atoms with E-state index in [1.807, 2.05) is 24.3 Å². The fourth-order valence-corrected chi connectivity index (χ4v) is 3.98. The zero-order valence-electron chi connectivity index (χ0n) is 18.2. The Kier molecular flexibility index (Phi) is 9.32. The van der Waals surface area contributed by atoms with Crippen molar-refractivity contribution < 1.29 is 13.9 Å². The molecule has 0 spiro atoms. The molecular weight excluding hydrogens is 507 g/mol. The molecule has 0 amide bonds. The highest BCUT2D eigenvalue weighted by Gasteiger charge is 2.21. The van der Waals surface area contributed by atoms with Gasteiger partial charge in [-0.05, 0) is 37.1 Å². The van der Waals surface area contributed by atoms with Crippen LogP contribution in [0.5, 0.6) is 5.75 Å². The lowest BCUT2D eigenvalue weighted by Crippen LogP contribution is -2.53. The van der Waals surface area contributed by atoms with E-state index in [2.05, 4.69) is 27.2 Å². The van der Waals surface area contributed by atoms with Crippen LogP contribution in [0.1, 0.15) is 18.6 Å². The summed E-state index contributed by atoms with van der Waals surface area (Å²) in [6.45, 7) is 6.14. The van der Waals surface area contributed by atoms with Crippen molar-refractivity contribution in [2.24, 2.45) is 4.99 Å². The molecule has 2 saturated heterocycles. The first-order chi connectivity index (χ1) is 14.8. The fraction of sp³-hybridized carbons (Fsp3) is 0.522. The molecule has 8 heteroatoms. The fourth-order valence-electron chi connectivity index (χ4n) is 3.98. The van der Waals surface area contributed by atoms with Crippen molar-refractivity contribution in [3.63, 3.8) is 0 Å². The first-order valence-electron chi connectivity index (χ1n) is 10.9. The molecule has 1 unspecified atom stereocenters. The molecule has 1 N–H and O–H groups in total. The van der Waals surface area contributed by atoms with Gasteiger partial charge in [0.25, 0.3) is 0 Å². The maximum absolute atomic E-state index is 5.76. The van der Waals surface area contributed by atoms with Gasteiger partial charge < -0.3 is 29.0 Å². The molecule has 0 aliphatic carbocycles. The van der Waals surface area contributed by atoms with E-state index in [4.69, 9.17) is 18.9 Å². The van der Waals surface area contributed by atoms with E-state index in [-0.39, 0.29) is 30.1 Å². The average molecular weight is 540 g/mol. The van der Waals surface area contributed by atoms with Gasteiger partial charge in [-0.3, -0.25) is 4.99 Å². The van der Waals surface area contributed by atoms with Crippen LogP contribution >= 0.6 is 24.0 Å². The van der Waals surface area contributed by atoms with Crippen molar-refractivity contribution in [1.29, 1.82) is 0 Å². The molecule has 3 heterocycles. The van der Waals surface area contributed by atoms with E-state index in [1.165, 1.54) is 5.69 Å². The van der Waals surface area contributed by atoms with Gasteiger partial charge in [0.05, 0.1) is 26.0 Å². The highest BCUT2D eigenvalue weighted by Crippen LogP contribution is 2.22. The summed E-state index contributed by atoms with van der Waals surface area (Å²) in [6.07, 6.45) is 5.06. The lowest BCUT2D eigenvalue weighted by Gasteiger charge is -2.38. The highest BCUT2D eigenvalue weighted by atomic mass is 127. The maximum Gasteiger partial charge on any atom is 0.194 e. The summed E-state index contributed by atoms with van der Waals surface area (Å²) in [5.41, 5.74) is 1.21. The Bertz CT molecular complexity index is 801. The Labute approximate surface area is 201 Å². The molecule has 0 saturated carbocycles. The van der Waals surface area contributed by atoms with Crippen LogP contribution in [-0.4, -0.2) is 69.9 Å². The number of rotatable bonds is 7. The van der Waals surface area contributed by atoms with Gasteiger partial charge in [-0.1, -0.05) is 6.07 Å². The Morgan fingerprint density at radius 3 is 2.77 bits per heavy atom.